The second-order valence-corrected chi connectivity index (χ2v) is 11.0. The summed E-state index contributed by atoms with van der Waals surface area (Å²) < 4.78 is 11.7. The van der Waals surface area contributed by atoms with Crippen LogP contribution in [0.4, 0.5) is 0 Å². The Morgan fingerprint density at radius 1 is 0.771 bits per heavy atom. The molecule has 3 heteroatoms. The number of ether oxygens (including phenoxy) is 2. The van der Waals surface area contributed by atoms with E-state index in [0.29, 0.717) is 11.5 Å². The first kappa shape index (κ1) is 29.9. The maximum absolute atomic E-state index is 12.7. The van der Waals surface area contributed by atoms with E-state index >= 15 is 0 Å². The first-order valence-corrected chi connectivity index (χ1v) is 15.0. The summed E-state index contributed by atoms with van der Waals surface area (Å²) >= 11 is 0. The largest absolute Gasteiger partial charge is 0.456 e. The van der Waals surface area contributed by atoms with Crippen molar-refractivity contribution < 1.29 is 14.3 Å². The fraction of sp³-hybridized carbons (Fsp3) is 0.781. The highest BCUT2D eigenvalue weighted by Gasteiger charge is 2.23. The number of benzene rings is 1. The van der Waals surface area contributed by atoms with Crippen LogP contribution in [0.25, 0.3) is 0 Å². The summed E-state index contributed by atoms with van der Waals surface area (Å²) in [6.45, 7) is 9.22. The predicted octanol–water partition coefficient (Wildman–Crippen LogP) is 9.63. The van der Waals surface area contributed by atoms with Gasteiger partial charge in [-0.1, -0.05) is 96.6 Å². The third-order valence-electron chi connectivity index (χ3n) is 8.01. The van der Waals surface area contributed by atoms with Crippen LogP contribution >= 0.6 is 0 Å². The van der Waals surface area contributed by atoms with Crippen molar-refractivity contribution in [2.24, 2.45) is 5.92 Å². The first-order valence-electron chi connectivity index (χ1n) is 15.0. The van der Waals surface area contributed by atoms with Gasteiger partial charge in [0.25, 0.3) is 0 Å². The van der Waals surface area contributed by atoms with Gasteiger partial charge in [-0.15, -0.1) is 0 Å². The Hall–Kier alpha value is -1.35. The molecule has 2 rings (SSSR count). The summed E-state index contributed by atoms with van der Waals surface area (Å²) in [5.41, 5.74) is 2.02. The van der Waals surface area contributed by atoms with Crippen LogP contribution in [0.1, 0.15) is 152 Å². The van der Waals surface area contributed by atoms with Gasteiger partial charge in [-0.25, -0.2) is 4.79 Å². The molecule has 0 radical (unpaired) electrons. The van der Waals surface area contributed by atoms with Gasteiger partial charge in [-0.2, -0.15) is 0 Å². The van der Waals surface area contributed by atoms with E-state index in [9.17, 15) is 4.79 Å². The molecule has 0 aromatic heterocycles. The maximum Gasteiger partial charge on any atom is 0.338 e. The number of esters is 1. The van der Waals surface area contributed by atoms with Crippen molar-refractivity contribution in [3.05, 3.63) is 35.4 Å². The molecule has 2 unspecified atom stereocenters. The molecule has 1 aliphatic rings. The van der Waals surface area contributed by atoms with Gasteiger partial charge in [-0.05, 0) is 75.5 Å². The molecular weight excluding hydrogens is 432 g/mol. The van der Waals surface area contributed by atoms with E-state index in [1.54, 1.807) is 0 Å². The number of hydrogen-bond acceptors (Lipinski definition) is 3. The molecule has 0 aliphatic heterocycles. The average molecular weight is 487 g/mol. The van der Waals surface area contributed by atoms with Gasteiger partial charge in [0.1, 0.15) is 6.10 Å². The van der Waals surface area contributed by atoms with E-state index in [-0.39, 0.29) is 18.2 Å². The second kappa shape index (κ2) is 18.0. The van der Waals surface area contributed by atoms with Crippen LogP contribution in [0, 0.1) is 5.92 Å². The highest BCUT2D eigenvalue weighted by molar-refractivity contribution is 5.89. The van der Waals surface area contributed by atoms with E-state index in [4.69, 9.17) is 9.47 Å². The van der Waals surface area contributed by atoms with Crippen LogP contribution in [0.3, 0.4) is 0 Å². The van der Waals surface area contributed by atoms with Crippen molar-refractivity contribution in [3.8, 4) is 0 Å². The van der Waals surface area contributed by atoms with Crippen LogP contribution in [0.5, 0.6) is 0 Å². The van der Waals surface area contributed by atoms with Crippen LogP contribution in [-0.2, 0) is 9.47 Å². The summed E-state index contributed by atoms with van der Waals surface area (Å²) in [5, 5.41) is 0. The Bertz CT molecular complexity index is 660. The Balaban J connectivity index is 1.63. The summed E-state index contributed by atoms with van der Waals surface area (Å²) in [6.07, 6.45) is 20.8. The monoisotopic (exact) mass is 486 g/mol. The number of rotatable bonds is 18. The summed E-state index contributed by atoms with van der Waals surface area (Å²) in [4.78, 5) is 12.7. The lowest BCUT2D eigenvalue weighted by Gasteiger charge is -2.29. The lowest BCUT2D eigenvalue weighted by atomic mass is 9.77. The molecule has 0 N–H and O–H groups in total. The van der Waals surface area contributed by atoms with Crippen molar-refractivity contribution in [1.82, 2.24) is 0 Å². The summed E-state index contributed by atoms with van der Waals surface area (Å²) in [6, 6.07) is 8.19. The Morgan fingerprint density at radius 3 is 1.97 bits per heavy atom. The standard InChI is InChI=1S/C32H54O3/c1-5-7-9-10-11-12-13-15-25-34-26(3)27(4)35-32(33)31-23-21-30(22-24-31)29-19-17-28(18-20-29)16-14-8-6-2/h21-24,26-29H,5-20,25H2,1-4H3/t26?,27?,28-,29-. The maximum atomic E-state index is 12.7. The molecule has 1 saturated carbocycles. The van der Waals surface area contributed by atoms with Crippen LogP contribution in [-0.4, -0.2) is 24.8 Å². The minimum absolute atomic E-state index is 0.0877. The topological polar surface area (TPSA) is 35.5 Å². The fourth-order valence-electron chi connectivity index (χ4n) is 5.33. The highest BCUT2D eigenvalue weighted by atomic mass is 16.6. The molecule has 0 heterocycles. The molecule has 1 fully saturated rings. The summed E-state index contributed by atoms with van der Waals surface area (Å²) in [5.74, 6) is 1.32. The van der Waals surface area contributed by atoms with Gasteiger partial charge >= 0.3 is 5.97 Å². The zero-order valence-electron chi connectivity index (χ0n) is 23.4. The Morgan fingerprint density at radius 2 is 1.34 bits per heavy atom. The normalized spacial score (nSPS) is 19.9. The number of hydrogen-bond donors (Lipinski definition) is 0. The fourth-order valence-corrected chi connectivity index (χ4v) is 5.33. The van der Waals surface area contributed by atoms with E-state index in [1.165, 1.54) is 102 Å². The van der Waals surface area contributed by atoms with Crippen molar-refractivity contribution >= 4 is 5.97 Å². The van der Waals surface area contributed by atoms with Crippen molar-refractivity contribution in [2.45, 2.75) is 149 Å². The van der Waals surface area contributed by atoms with Gasteiger partial charge in [0.2, 0.25) is 0 Å². The second-order valence-electron chi connectivity index (χ2n) is 11.0. The molecule has 1 aromatic rings. The van der Waals surface area contributed by atoms with E-state index in [2.05, 4.69) is 26.0 Å². The zero-order chi connectivity index (χ0) is 25.3. The first-order chi connectivity index (χ1) is 17.0. The van der Waals surface area contributed by atoms with Crippen LogP contribution in [0.15, 0.2) is 24.3 Å². The number of unbranched alkanes of at least 4 members (excludes halogenated alkanes) is 9. The van der Waals surface area contributed by atoms with Gasteiger partial charge in [0, 0.05) is 6.61 Å². The average Bonchev–Trinajstić information content (AvgIpc) is 2.88. The van der Waals surface area contributed by atoms with Crippen LogP contribution < -0.4 is 0 Å². The minimum Gasteiger partial charge on any atom is -0.456 e. The van der Waals surface area contributed by atoms with Gasteiger partial charge < -0.3 is 9.47 Å². The molecule has 3 nitrogen and oxygen atoms in total. The molecule has 1 aliphatic carbocycles. The predicted molar refractivity (Wildman–Crippen MR) is 148 cm³/mol. The Labute approximate surface area is 216 Å². The lowest BCUT2D eigenvalue weighted by Crippen LogP contribution is -2.29. The van der Waals surface area contributed by atoms with Gasteiger partial charge in [-0.3, -0.25) is 0 Å². The van der Waals surface area contributed by atoms with E-state index < -0.39 is 0 Å². The molecule has 0 bridgehead atoms. The van der Waals surface area contributed by atoms with E-state index in [1.807, 2.05) is 26.0 Å². The molecule has 0 amide bonds. The van der Waals surface area contributed by atoms with Gasteiger partial charge in [0.15, 0.2) is 0 Å². The van der Waals surface area contributed by atoms with Crippen molar-refractivity contribution in [2.75, 3.05) is 6.61 Å². The zero-order valence-corrected chi connectivity index (χ0v) is 23.4. The van der Waals surface area contributed by atoms with Gasteiger partial charge in [0.05, 0.1) is 11.7 Å². The molecule has 1 aromatic carbocycles. The lowest BCUT2D eigenvalue weighted by molar-refractivity contribution is -0.0386. The quantitative estimate of drug-likeness (QED) is 0.153. The SMILES string of the molecule is CCCCCCCCCCOC(C)C(C)OC(=O)c1ccc([C@H]2CC[C@H](CCCCC)CC2)cc1. The molecule has 35 heavy (non-hydrogen) atoms. The van der Waals surface area contributed by atoms with Crippen molar-refractivity contribution in [1.29, 1.82) is 0 Å². The highest BCUT2D eigenvalue weighted by Crippen LogP contribution is 2.37. The molecular formula is C32H54O3. The smallest absolute Gasteiger partial charge is 0.338 e. The molecule has 0 spiro atoms. The third-order valence-corrected chi connectivity index (χ3v) is 8.01. The molecule has 2 atom stereocenters. The van der Waals surface area contributed by atoms with E-state index in [0.717, 1.165) is 18.9 Å². The number of carbonyl (C=O) groups is 1. The Kier molecular flexibility index (Phi) is 15.3. The van der Waals surface area contributed by atoms with Crippen molar-refractivity contribution in [3.63, 3.8) is 0 Å². The number of carbonyl (C=O) groups excluding carboxylic acids is 1. The minimum atomic E-state index is -0.251. The molecule has 0 saturated heterocycles. The molecule has 200 valence electrons. The van der Waals surface area contributed by atoms with Crippen LogP contribution in [0.2, 0.25) is 0 Å². The summed E-state index contributed by atoms with van der Waals surface area (Å²) in [7, 11) is 0. The third kappa shape index (κ3) is 12.0.